The Morgan fingerprint density at radius 3 is 1.32 bits per heavy atom. The van der Waals surface area contributed by atoms with Crippen LogP contribution in [0.25, 0.3) is 22.5 Å². The molecule has 2 heterocycles. The zero-order chi connectivity index (χ0) is 27.9. The number of hydrogen-bond donors (Lipinski definition) is 6. The zero-order valence-electron chi connectivity index (χ0n) is 21.2. The largest absolute Gasteiger partial charge is 0.397 e. The second-order valence-corrected chi connectivity index (χ2v) is 9.65. The van der Waals surface area contributed by atoms with Crippen molar-refractivity contribution < 1.29 is 0 Å². The van der Waals surface area contributed by atoms with Gasteiger partial charge >= 0.3 is 0 Å². The Hall–Kier alpha value is -4.92. The van der Waals surface area contributed by atoms with Crippen LogP contribution in [-0.4, -0.2) is 20.4 Å². The lowest BCUT2D eigenvalue weighted by molar-refractivity contribution is 1.10. The molecule has 0 radical (unpaired) electrons. The molecule has 40 heavy (non-hydrogen) atoms. The molecule has 4 aromatic carbocycles. The Morgan fingerprint density at radius 1 is 0.525 bits per heavy atom. The van der Waals surface area contributed by atoms with Crippen LogP contribution in [0.15, 0.2) is 109 Å². The number of aromatic nitrogens is 4. The molecule has 0 saturated heterocycles. The number of hydrogen-bond acceptors (Lipinski definition) is 6. The molecular formula is C30H26Cl2N8. The summed E-state index contributed by atoms with van der Waals surface area (Å²) in [5, 5.41) is 22.0. The van der Waals surface area contributed by atoms with Crippen molar-refractivity contribution in [3.8, 4) is 22.5 Å². The smallest absolute Gasteiger partial charge is 0.152 e. The van der Waals surface area contributed by atoms with Crippen molar-refractivity contribution in [2.45, 2.75) is 0 Å². The number of benzene rings is 4. The van der Waals surface area contributed by atoms with E-state index in [9.17, 15) is 0 Å². The molecule has 0 unspecified atom stereocenters. The molecule has 0 amide bonds. The van der Waals surface area contributed by atoms with E-state index < -0.39 is 0 Å². The molecule has 0 atom stereocenters. The van der Waals surface area contributed by atoms with Crippen molar-refractivity contribution in [1.82, 2.24) is 20.4 Å². The lowest BCUT2D eigenvalue weighted by Gasteiger charge is -2.06. The maximum atomic E-state index is 5.96. The summed E-state index contributed by atoms with van der Waals surface area (Å²) >= 11 is 11.9. The van der Waals surface area contributed by atoms with Gasteiger partial charge in [0.25, 0.3) is 0 Å². The molecule has 10 heteroatoms. The van der Waals surface area contributed by atoms with Crippen LogP contribution in [-0.2, 0) is 0 Å². The third-order valence-electron chi connectivity index (χ3n) is 5.88. The highest BCUT2D eigenvalue weighted by Crippen LogP contribution is 2.29. The minimum atomic E-state index is 0.624. The fourth-order valence-corrected chi connectivity index (χ4v) is 4.20. The minimum absolute atomic E-state index is 0.624. The van der Waals surface area contributed by atoms with Crippen molar-refractivity contribution in [1.29, 1.82) is 0 Å². The summed E-state index contributed by atoms with van der Waals surface area (Å²) in [7, 11) is 0. The first-order chi connectivity index (χ1) is 19.4. The lowest BCUT2D eigenvalue weighted by Crippen LogP contribution is -1.96. The summed E-state index contributed by atoms with van der Waals surface area (Å²) in [4.78, 5) is 0. The number of rotatable bonds is 6. The maximum absolute atomic E-state index is 5.96. The van der Waals surface area contributed by atoms with Gasteiger partial charge in [0.15, 0.2) is 11.6 Å². The first-order valence-electron chi connectivity index (χ1n) is 12.3. The molecule has 0 spiro atoms. The van der Waals surface area contributed by atoms with Gasteiger partial charge in [0.1, 0.15) is 0 Å². The van der Waals surface area contributed by atoms with Crippen molar-refractivity contribution in [3.05, 3.63) is 119 Å². The quantitative estimate of drug-likeness (QED) is 0.112. The van der Waals surface area contributed by atoms with E-state index in [0.717, 1.165) is 33.9 Å². The van der Waals surface area contributed by atoms with Gasteiger partial charge in [-0.25, -0.2) is 0 Å². The van der Waals surface area contributed by atoms with Crippen LogP contribution in [0.1, 0.15) is 0 Å². The number of nitrogen functional groups attached to an aromatic ring is 2. The van der Waals surface area contributed by atoms with E-state index >= 15 is 0 Å². The van der Waals surface area contributed by atoms with Gasteiger partial charge in [-0.15, -0.1) is 0 Å². The molecule has 8 nitrogen and oxygen atoms in total. The van der Waals surface area contributed by atoms with Crippen LogP contribution < -0.4 is 22.1 Å². The van der Waals surface area contributed by atoms with E-state index in [1.165, 1.54) is 0 Å². The molecule has 0 aliphatic carbocycles. The van der Waals surface area contributed by atoms with Crippen molar-refractivity contribution in [3.63, 3.8) is 0 Å². The topological polar surface area (TPSA) is 133 Å². The predicted octanol–water partition coefficient (Wildman–Crippen LogP) is 8.11. The highest BCUT2D eigenvalue weighted by molar-refractivity contribution is 6.31. The summed E-state index contributed by atoms with van der Waals surface area (Å²) in [5.74, 6) is 1.38. The fourth-order valence-electron chi connectivity index (χ4n) is 3.85. The molecular weight excluding hydrogens is 543 g/mol. The Balaban J connectivity index is 0.000000161. The molecule has 0 aliphatic heterocycles. The number of anilines is 6. The summed E-state index contributed by atoms with van der Waals surface area (Å²) < 4.78 is 0. The molecule has 0 aliphatic rings. The van der Waals surface area contributed by atoms with Crippen LogP contribution in [0, 0.1) is 0 Å². The van der Waals surface area contributed by atoms with Gasteiger partial charge in [0.05, 0.1) is 34.1 Å². The van der Waals surface area contributed by atoms with E-state index in [-0.39, 0.29) is 0 Å². The number of nitrogens with two attached hydrogens (primary N) is 2. The number of nitrogens with one attached hydrogen (secondary N) is 4. The van der Waals surface area contributed by atoms with Gasteiger partial charge in [0, 0.05) is 22.2 Å². The fraction of sp³-hybridized carbons (Fsp3) is 0. The zero-order valence-corrected chi connectivity index (χ0v) is 22.7. The molecule has 0 fully saturated rings. The average Bonchev–Trinajstić information content (AvgIpc) is 3.64. The normalized spacial score (nSPS) is 10.4. The van der Waals surface area contributed by atoms with Gasteiger partial charge in [0.2, 0.25) is 0 Å². The molecule has 0 saturated carbocycles. The number of halogens is 2. The average molecular weight is 570 g/mol. The SMILES string of the molecule is Nc1ccc(Cl)cc1Nc1cc(-c2ccccc2)[nH]n1.Nc1ccc(Cl)cc1Nc1cc(-c2ccccc2)[nH]n1. The van der Waals surface area contributed by atoms with E-state index in [0.29, 0.717) is 33.1 Å². The Bertz CT molecular complexity index is 1570. The maximum Gasteiger partial charge on any atom is 0.152 e. The number of nitrogens with zero attached hydrogens (tertiary/aromatic N) is 2. The predicted molar refractivity (Wildman–Crippen MR) is 166 cm³/mol. The summed E-state index contributed by atoms with van der Waals surface area (Å²) in [6, 6.07) is 34.4. The summed E-state index contributed by atoms with van der Waals surface area (Å²) in [6.45, 7) is 0. The second-order valence-electron chi connectivity index (χ2n) is 8.78. The molecule has 6 rings (SSSR count). The second kappa shape index (κ2) is 12.3. The molecule has 8 N–H and O–H groups in total. The van der Waals surface area contributed by atoms with Gasteiger partial charge in [-0.2, -0.15) is 10.2 Å². The minimum Gasteiger partial charge on any atom is -0.397 e. The standard InChI is InChI=1S/2C15H13ClN4/c2*16-11-6-7-12(17)14(8-11)18-15-9-13(19-20-15)10-4-2-1-3-5-10/h2*1-9H,17H2,(H2,18,19,20). The summed E-state index contributed by atoms with van der Waals surface area (Å²) in [5.41, 5.74) is 18.5. The van der Waals surface area contributed by atoms with Crippen molar-refractivity contribution in [2.24, 2.45) is 0 Å². The van der Waals surface area contributed by atoms with Gasteiger partial charge < -0.3 is 22.1 Å². The highest BCUT2D eigenvalue weighted by Gasteiger charge is 2.07. The molecule has 2 aromatic heterocycles. The van der Waals surface area contributed by atoms with Crippen LogP contribution in [0.2, 0.25) is 10.0 Å². The molecule has 200 valence electrons. The van der Waals surface area contributed by atoms with E-state index in [1.807, 2.05) is 72.8 Å². The van der Waals surface area contributed by atoms with Gasteiger partial charge in [-0.1, -0.05) is 83.9 Å². The van der Waals surface area contributed by atoms with Gasteiger partial charge in [-0.05, 0) is 47.5 Å². The monoisotopic (exact) mass is 568 g/mol. The molecule has 6 aromatic rings. The van der Waals surface area contributed by atoms with Crippen LogP contribution in [0.5, 0.6) is 0 Å². The number of aromatic amines is 2. The first-order valence-corrected chi connectivity index (χ1v) is 13.1. The Labute approximate surface area is 241 Å². The van der Waals surface area contributed by atoms with Crippen LogP contribution in [0.3, 0.4) is 0 Å². The summed E-state index contributed by atoms with van der Waals surface area (Å²) in [6.07, 6.45) is 0. The lowest BCUT2D eigenvalue weighted by atomic mass is 10.1. The van der Waals surface area contributed by atoms with E-state index in [1.54, 1.807) is 36.4 Å². The Morgan fingerprint density at radius 2 is 0.925 bits per heavy atom. The van der Waals surface area contributed by atoms with Crippen LogP contribution in [0.4, 0.5) is 34.4 Å². The van der Waals surface area contributed by atoms with Crippen molar-refractivity contribution in [2.75, 3.05) is 22.1 Å². The highest BCUT2D eigenvalue weighted by atomic mass is 35.5. The third-order valence-corrected chi connectivity index (χ3v) is 6.35. The van der Waals surface area contributed by atoms with E-state index in [4.69, 9.17) is 34.7 Å². The molecule has 0 bridgehead atoms. The van der Waals surface area contributed by atoms with Crippen LogP contribution >= 0.6 is 23.2 Å². The first kappa shape index (κ1) is 26.7. The third kappa shape index (κ3) is 6.74. The van der Waals surface area contributed by atoms with Gasteiger partial charge in [-0.3, -0.25) is 10.2 Å². The van der Waals surface area contributed by atoms with Crippen molar-refractivity contribution >= 4 is 57.6 Å². The Kier molecular flexibility index (Phi) is 8.20. The van der Waals surface area contributed by atoms with E-state index in [2.05, 4.69) is 31.0 Å². The number of H-pyrrole nitrogens is 2.